The van der Waals surface area contributed by atoms with Crippen molar-refractivity contribution < 1.29 is 21.6 Å². The molecule has 21 heavy (non-hydrogen) atoms. The van der Waals surface area contributed by atoms with Crippen LogP contribution < -0.4 is 10.9 Å². The van der Waals surface area contributed by atoms with Crippen LogP contribution in [0.2, 0.25) is 0 Å². The standard InChI is InChI=1S/C10H17N3O5S3/c1-18-4-2-3-13-6-8(11)7-5-9(20(12,14)15)19-10(7)21(13,16)17/h5,8H,2-4,6,11H2,1H3,(H2,12,14,15)/t8-/m1/s1. The van der Waals surface area contributed by atoms with Gasteiger partial charge in [0.1, 0.15) is 8.42 Å². The van der Waals surface area contributed by atoms with Gasteiger partial charge in [-0.25, -0.2) is 22.0 Å². The Morgan fingerprint density at radius 1 is 1.52 bits per heavy atom. The van der Waals surface area contributed by atoms with Crippen LogP contribution in [0.4, 0.5) is 0 Å². The first-order valence-electron chi connectivity index (χ1n) is 6.09. The Morgan fingerprint density at radius 3 is 2.76 bits per heavy atom. The van der Waals surface area contributed by atoms with E-state index in [1.165, 1.54) is 17.5 Å². The Bertz CT molecular complexity index is 725. The number of nitrogens with two attached hydrogens (primary N) is 2. The molecule has 0 saturated carbocycles. The second kappa shape index (κ2) is 5.91. The van der Waals surface area contributed by atoms with E-state index < -0.39 is 26.1 Å². The first-order chi connectivity index (χ1) is 9.67. The summed E-state index contributed by atoms with van der Waals surface area (Å²) in [7, 11) is -6.15. The maximum atomic E-state index is 12.5. The lowest BCUT2D eigenvalue weighted by Crippen LogP contribution is -2.42. The predicted octanol–water partition coefficient (Wildman–Crippen LogP) is -0.564. The number of methoxy groups -OCH3 is 1. The molecular formula is C10H17N3O5S3. The Kier molecular flexibility index (Phi) is 4.73. The highest BCUT2D eigenvalue weighted by molar-refractivity contribution is 7.94. The highest BCUT2D eigenvalue weighted by Gasteiger charge is 2.38. The summed E-state index contributed by atoms with van der Waals surface area (Å²) in [5, 5.41) is 5.05. The molecule has 0 saturated heterocycles. The average Bonchev–Trinajstić information content (AvgIpc) is 2.82. The van der Waals surface area contributed by atoms with E-state index in [-0.39, 0.29) is 21.5 Å². The minimum Gasteiger partial charge on any atom is -0.385 e. The first kappa shape index (κ1) is 16.8. The second-order valence-corrected chi connectivity index (χ2v) is 9.64. The molecule has 1 atom stereocenters. The average molecular weight is 355 g/mol. The van der Waals surface area contributed by atoms with Crippen molar-refractivity contribution in [1.82, 2.24) is 4.31 Å². The van der Waals surface area contributed by atoms with Crippen LogP contribution in [0, 0.1) is 0 Å². The van der Waals surface area contributed by atoms with Crippen LogP contribution in [-0.2, 0) is 24.8 Å². The van der Waals surface area contributed by atoms with Gasteiger partial charge in [0.15, 0.2) is 0 Å². The predicted molar refractivity (Wildman–Crippen MR) is 77.9 cm³/mol. The highest BCUT2D eigenvalue weighted by Crippen LogP contribution is 2.38. The number of thiophene rings is 1. The van der Waals surface area contributed by atoms with Gasteiger partial charge in [-0.15, -0.1) is 11.3 Å². The number of fused-ring (bicyclic) bond motifs is 1. The summed E-state index contributed by atoms with van der Waals surface area (Å²) in [5.74, 6) is 0. The van der Waals surface area contributed by atoms with E-state index in [0.717, 1.165) is 0 Å². The van der Waals surface area contributed by atoms with Gasteiger partial charge >= 0.3 is 0 Å². The topological polar surface area (TPSA) is 133 Å². The smallest absolute Gasteiger partial charge is 0.252 e. The van der Waals surface area contributed by atoms with Gasteiger partial charge in [-0.3, -0.25) is 0 Å². The highest BCUT2D eigenvalue weighted by atomic mass is 32.3. The molecule has 0 bridgehead atoms. The molecule has 0 aromatic carbocycles. The van der Waals surface area contributed by atoms with Crippen molar-refractivity contribution in [2.45, 2.75) is 20.9 Å². The lowest BCUT2D eigenvalue weighted by atomic mass is 10.1. The van der Waals surface area contributed by atoms with Gasteiger partial charge in [0.2, 0.25) is 10.0 Å². The zero-order valence-electron chi connectivity index (χ0n) is 11.4. The van der Waals surface area contributed by atoms with E-state index in [9.17, 15) is 16.8 Å². The summed E-state index contributed by atoms with van der Waals surface area (Å²) in [4.78, 5) is 0. The van der Waals surface area contributed by atoms with Gasteiger partial charge in [0.25, 0.3) is 10.0 Å². The van der Waals surface area contributed by atoms with Crippen molar-refractivity contribution in [1.29, 1.82) is 0 Å². The fourth-order valence-corrected chi connectivity index (χ4v) is 6.43. The zero-order valence-corrected chi connectivity index (χ0v) is 13.8. The molecule has 0 amide bonds. The molecule has 2 rings (SSSR count). The largest absolute Gasteiger partial charge is 0.385 e. The molecule has 0 fully saturated rings. The molecule has 4 N–H and O–H groups in total. The van der Waals surface area contributed by atoms with Crippen molar-refractivity contribution >= 4 is 31.4 Å². The number of ether oxygens (including phenoxy) is 1. The zero-order chi connectivity index (χ0) is 15.8. The summed E-state index contributed by atoms with van der Waals surface area (Å²) in [6.07, 6.45) is 0.533. The molecule has 0 spiro atoms. The molecule has 8 nitrogen and oxygen atoms in total. The Morgan fingerprint density at radius 2 is 2.19 bits per heavy atom. The minimum atomic E-state index is -3.95. The SMILES string of the molecule is COCCCN1C[C@@H](N)c2cc(S(N)(=O)=O)sc2S1(=O)=O. The van der Waals surface area contributed by atoms with Crippen molar-refractivity contribution in [3.63, 3.8) is 0 Å². The van der Waals surface area contributed by atoms with Crippen molar-refractivity contribution in [3.8, 4) is 0 Å². The second-order valence-electron chi connectivity index (χ2n) is 4.67. The van der Waals surface area contributed by atoms with Crippen molar-refractivity contribution in [2.24, 2.45) is 10.9 Å². The van der Waals surface area contributed by atoms with Crippen LogP contribution in [0.3, 0.4) is 0 Å². The van der Waals surface area contributed by atoms with E-state index in [1.54, 1.807) is 0 Å². The fraction of sp³-hybridized carbons (Fsp3) is 0.600. The summed E-state index contributed by atoms with van der Waals surface area (Å²) < 4.78 is 53.7. The number of hydrogen-bond donors (Lipinski definition) is 2. The summed E-state index contributed by atoms with van der Waals surface area (Å²) in [6, 6.07) is 0.683. The fourth-order valence-electron chi connectivity index (χ4n) is 2.10. The molecular weight excluding hydrogens is 338 g/mol. The van der Waals surface area contributed by atoms with Gasteiger partial charge in [-0.1, -0.05) is 0 Å². The van der Waals surface area contributed by atoms with Crippen LogP contribution >= 0.6 is 11.3 Å². The molecule has 0 radical (unpaired) electrons. The third kappa shape index (κ3) is 3.28. The molecule has 1 aromatic heterocycles. The van der Waals surface area contributed by atoms with Gasteiger partial charge in [-0.2, -0.15) is 4.31 Å². The third-order valence-electron chi connectivity index (χ3n) is 3.11. The van der Waals surface area contributed by atoms with Crippen LogP contribution in [0.25, 0.3) is 0 Å². The van der Waals surface area contributed by atoms with E-state index in [2.05, 4.69) is 0 Å². The quantitative estimate of drug-likeness (QED) is 0.680. The maximum absolute atomic E-state index is 12.5. The Hall–Kier alpha value is -0.560. The molecule has 2 heterocycles. The van der Waals surface area contributed by atoms with Gasteiger partial charge in [0, 0.05) is 38.4 Å². The van der Waals surface area contributed by atoms with Crippen LogP contribution in [0.5, 0.6) is 0 Å². The van der Waals surface area contributed by atoms with Crippen molar-refractivity contribution in [2.75, 3.05) is 26.8 Å². The van der Waals surface area contributed by atoms with Crippen LogP contribution in [0.1, 0.15) is 18.0 Å². The molecule has 11 heteroatoms. The molecule has 0 aliphatic carbocycles. The molecule has 1 aliphatic heterocycles. The monoisotopic (exact) mass is 355 g/mol. The maximum Gasteiger partial charge on any atom is 0.252 e. The molecule has 120 valence electrons. The summed E-state index contributed by atoms with van der Waals surface area (Å²) in [5.41, 5.74) is 6.26. The number of primary sulfonamides is 1. The Balaban J connectivity index is 2.40. The summed E-state index contributed by atoms with van der Waals surface area (Å²) >= 11 is 0.642. The van der Waals surface area contributed by atoms with E-state index in [1.807, 2.05) is 0 Å². The van der Waals surface area contributed by atoms with E-state index in [4.69, 9.17) is 15.6 Å². The van der Waals surface area contributed by atoms with E-state index in [0.29, 0.717) is 29.9 Å². The number of nitrogens with zero attached hydrogens (tertiary/aromatic N) is 1. The first-order valence-corrected chi connectivity index (χ1v) is 9.89. The minimum absolute atomic E-state index is 0.0392. The summed E-state index contributed by atoms with van der Waals surface area (Å²) in [6.45, 7) is 0.812. The lowest BCUT2D eigenvalue weighted by molar-refractivity contribution is 0.186. The molecule has 1 aliphatic rings. The Labute approximate surface area is 127 Å². The lowest BCUT2D eigenvalue weighted by Gasteiger charge is -2.29. The van der Waals surface area contributed by atoms with Crippen LogP contribution in [0.15, 0.2) is 14.5 Å². The number of rotatable bonds is 5. The van der Waals surface area contributed by atoms with E-state index >= 15 is 0 Å². The van der Waals surface area contributed by atoms with Gasteiger partial charge in [0.05, 0.1) is 0 Å². The van der Waals surface area contributed by atoms with Gasteiger partial charge in [-0.05, 0) is 12.5 Å². The van der Waals surface area contributed by atoms with Gasteiger partial charge < -0.3 is 10.5 Å². The number of hydrogen-bond acceptors (Lipinski definition) is 7. The molecule has 0 unspecified atom stereocenters. The molecule has 1 aromatic rings. The normalized spacial score (nSPS) is 22.1. The van der Waals surface area contributed by atoms with Crippen LogP contribution in [-0.4, -0.2) is 47.9 Å². The number of sulfonamides is 2. The third-order valence-corrected chi connectivity index (χ3v) is 8.08. The van der Waals surface area contributed by atoms with Crippen molar-refractivity contribution in [3.05, 3.63) is 11.6 Å².